The number of aromatic nitrogens is 3. The van der Waals surface area contributed by atoms with Gasteiger partial charge in [0.2, 0.25) is 5.91 Å². The van der Waals surface area contributed by atoms with Crippen LogP contribution in [0.15, 0.2) is 18.6 Å². The summed E-state index contributed by atoms with van der Waals surface area (Å²) in [6.07, 6.45) is 4.61. The Bertz CT molecular complexity index is 1090. The lowest BCUT2D eigenvalue weighted by Crippen LogP contribution is -2.52. The van der Waals surface area contributed by atoms with Gasteiger partial charge in [-0.05, 0) is 31.2 Å². The molecule has 3 amide bonds. The Morgan fingerprint density at radius 1 is 1.31 bits per heavy atom. The molecular weight excluding hydrogens is 452 g/mol. The van der Waals surface area contributed by atoms with Gasteiger partial charge in [-0.25, -0.2) is 19.6 Å². The average molecular weight is 485 g/mol. The van der Waals surface area contributed by atoms with Crippen LogP contribution < -0.4 is 15.5 Å². The number of carbonyl (C=O) groups excluding carboxylic acids is 3. The zero-order valence-electron chi connectivity index (χ0n) is 20.4. The van der Waals surface area contributed by atoms with Gasteiger partial charge in [0.15, 0.2) is 5.65 Å². The molecular formula is C23H32N8O4. The van der Waals surface area contributed by atoms with Crippen LogP contribution in [0.5, 0.6) is 0 Å². The van der Waals surface area contributed by atoms with E-state index in [2.05, 4.69) is 27.5 Å². The molecule has 0 radical (unpaired) electrons. The SMILES string of the molecule is CNC(=O)OCCCCNC(=O)n1ccc2c(N(C)[C@H]3CN(C(=O)CC#N)CC[C@H]3C)ncnc21. The molecule has 2 aromatic heterocycles. The van der Waals surface area contributed by atoms with Gasteiger partial charge in [0, 0.05) is 39.9 Å². The molecule has 0 saturated carbocycles. The van der Waals surface area contributed by atoms with Crippen molar-refractivity contribution in [3.05, 3.63) is 18.6 Å². The van der Waals surface area contributed by atoms with Gasteiger partial charge in [0.25, 0.3) is 0 Å². The minimum absolute atomic E-state index is 0.0127. The number of piperidine rings is 1. The Hall–Kier alpha value is -3.88. The van der Waals surface area contributed by atoms with Crippen LogP contribution in [0.25, 0.3) is 11.0 Å². The van der Waals surface area contributed by atoms with E-state index in [1.54, 1.807) is 11.1 Å². The molecule has 12 nitrogen and oxygen atoms in total. The summed E-state index contributed by atoms with van der Waals surface area (Å²) in [4.78, 5) is 48.6. The fraction of sp³-hybridized carbons (Fsp3) is 0.565. The van der Waals surface area contributed by atoms with Crippen LogP contribution in [0, 0.1) is 17.2 Å². The number of unbranched alkanes of at least 4 members (excludes halogenated alkanes) is 1. The molecule has 35 heavy (non-hydrogen) atoms. The molecule has 2 N–H and O–H groups in total. The molecule has 1 fully saturated rings. The minimum atomic E-state index is -0.475. The first kappa shape index (κ1) is 25.7. The Morgan fingerprint density at radius 3 is 2.86 bits per heavy atom. The van der Waals surface area contributed by atoms with E-state index in [4.69, 9.17) is 10.00 Å². The number of nitrogens with zero attached hydrogens (tertiary/aromatic N) is 6. The summed E-state index contributed by atoms with van der Waals surface area (Å²) in [7, 11) is 3.43. The standard InChI is InChI=1S/C23H32N8O4/c1-16-7-11-30(19(32)6-9-24)14-18(16)29(3)20-17-8-12-31(21(17)28-15-27-20)22(33)26-10-4-5-13-35-23(34)25-2/h8,12,15-16,18H,4-7,10-11,13-14H2,1-3H3,(H,25,34)(H,26,33)/t16-,18+/m1/s1. The van der Waals surface area contributed by atoms with Crippen molar-refractivity contribution in [2.24, 2.45) is 5.92 Å². The van der Waals surface area contributed by atoms with Crippen molar-refractivity contribution in [1.82, 2.24) is 30.1 Å². The fourth-order valence-corrected chi connectivity index (χ4v) is 4.24. The van der Waals surface area contributed by atoms with Crippen molar-refractivity contribution in [2.45, 2.75) is 38.6 Å². The number of likely N-dealkylation sites (tertiary alicyclic amines) is 1. The number of amides is 3. The summed E-state index contributed by atoms with van der Waals surface area (Å²) in [5, 5.41) is 14.8. The van der Waals surface area contributed by atoms with E-state index in [0.29, 0.717) is 49.9 Å². The molecule has 0 aromatic carbocycles. The number of nitrogens with one attached hydrogen (secondary N) is 2. The zero-order valence-corrected chi connectivity index (χ0v) is 20.4. The van der Waals surface area contributed by atoms with Gasteiger partial charge in [0.1, 0.15) is 18.6 Å². The summed E-state index contributed by atoms with van der Waals surface area (Å²) in [6, 6.07) is 3.45. The maximum Gasteiger partial charge on any atom is 0.406 e. The highest BCUT2D eigenvalue weighted by Gasteiger charge is 2.32. The maximum atomic E-state index is 12.7. The smallest absolute Gasteiger partial charge is 0.406 e. The quantitative estimate of drug-likeness (QED) is 0.539. The third-order valence-electron chi connectivity index (χ3n) is 6.30. The highest BCUT2D eigenvalue weighted by molar-refractivity contribution is 5.94. The van der Waals surface area contributed by atoms with Crippen molar-refractivity contribution in [1.29, 1.82) is 5.26 Å². The topological polar surface area (TPSA) is 145 Å². The second kappa shape index (κ2) is 12.0. The van der Waals surface area contributed by atoms with E-state index >= 15 is 0 Å². The third-order valence-corrected chi connectivity index (χ3v) is 6.30. The second-order valence-corrected chi connectivity index (χ2v) is 8.56. The van der Waals surface area contributed by atoms with Crippen LogP contribution in [0.2, 0.25) is 0 Å². The second-order valence-electron chi connectivity index (χ2n) is 8.56. The summed E-state index contributed by atoms with van der Waals surface area (Å²) in [6.45, 7) is 4.00. The Labute approximate surface area is 204 Å². The van der Waals surface area contributed by atoms with Crippen molar-refractivity contribution in [2.75, 3.05) is 45.2 Å². The minimum Gasteiger partial charge on any atom is -0.450 e. The van der Waals surface area contributed by atoms with Gasteiger partial charge in [-0.1, -0.05) is 6.92 Å². The van der Waals surface area contributed by atoms with Crippen molar-refractivity contribution < 1.29 is 19.1 Å². The largest absolute Gasteiger partial charge is 0.450 e. The monoisotopic (exact) mass is 484 g/mol. The van der Waals surface area contributed by atoms with Crippen LogP contribution in [-0.4, -0.2) is 83.8 Å². The highest BCUT2D eigenvalue weighted by Crippen LogP contribution is 2.29. The third kappa shape index (κ3) is 6.17. The van der Waals surface area contributed by atoms with E-state index in [0.717, 1.165) is 11.8 Å². The Kier molecular flexibility index (Phi) is 8.83. The predicted molar refractivity (Wildman–Crippen MR) is 129 cm³/mol. The number of likely N-dealkylation sites (N-methyl/N-ethyl adjacent to an activating group) is 1. The fourth-order valence-electron chi connectivity index (χ4n) is 4.24. The maximum absolute atomic E-state index is 12.7. The molecule has 188 valence electrons. The zero-order chi connectivity index (χ0) is 25.4. The van der Waals surface area contributed by atoms with Crippen LogP contribution in [0.3, 0.4) is 0 Å². The average Bonchev–Trinajstić information content (AvgIpc) is 3.30. The lowest BCUT2D eigenvalue weighted by Gasteiger charge is -2.42. The van der Waals surface area contributed by atoms with Gasteiger partial charge < -0.3 is 25.2 Å². The van der Waals surface area contributed by atoms with Crippen LogP contribution in [0.4, 0.5) is 15.4 Å². The van der Waals surface area contributed by atoms with Gasteiger partial charge >= 0.3 is 12.1 Å². The molecule has 2 aromatic rings. The number of carbonyl (C=O) groups is 3. The molecule has 1 saturated heterocycles. The van der Waals surface area contributed by atoms with E-state index in [9.17, 15) is 14.4 Å². The van der Waals surface area contributed by atoms with Gasteiger partial charge in [-0.3, -0.25) is 9.36 Å². The number of fused-ring (bicyclic) bond motifs is 1. The summed E-state index contributed by atoms with van der Waals surface area (Å²) in [5.41, 5.74) is 0.489. The van der Waals surface area contributed by atoms with Crippen molar-refractivity contribution in [3.63, 3.8) is 0 Å². The van der Waals surface area contributed by atoms with E-state index in [1.165, 1.54) is 17.9 Å². The van der Waals surface area contributed by atoms with E-state index in [-0.39, 0.29) is 31.0 Å². The molecule has 3 rings (SSSR count). The lowest BCUT2D eigenvalue weighted by atomic mass is 9.92. The van der Waals surface area contributed by atoms with Gasteiger partial charge in [0.05, 0.1) is 24.1 Å². The first-order chi connectivity index (χ1) is 16.9. The summed E-state index contributed by atoms with van der Waals surface area (Å²) < 4.78 is 6.37. The molecule has 1 aliphatic rings. The van der Waals surface area contributed by atoms with Crippen LogP contribution in [0.1, 0.15) is 32.6 Å². The Morgan fingerprint density at radius 2 is 2.11 bits per heavy atom. The molecule has 3 heterocycles. The Balaban J connectivity index is 1.66. The van der Waals surface area contributed by atoms with Gasteiger partial charge in [-0.15, -0.1) is 0 Å². The first-order valence-electron chi connectivity index (χ1n) is 11.7. The summed E-state index contributed by atoms with van der Waals surface area (Å²) in [5.74, 6) is 0.835. The molecule has 0 aliphatic carbocycles. The predicted octanol–water partition coefficient (Wildman–Crippen LogP) is 1.71. The molecule has 2 atom stereocenters. The van der Waals surface area contributed by atoms with Gasteiger partial charge in [-0.2, -0.15) is 5.26 Å². The van der Waals surface area contributed by atoms with Crippen LogP contribution in [-0.2, 0) is 9.53 Å². The molecule has 0 spiro atoms. The molecule has 12 heteroatoms. The number of ether oxygens (including phenoxy) is 1. The van der Waals surface area contributed by atoms with E-state index in [1.807, 2.05) is 24.1 Å². The summed E-state index contributed by atoms with van der Waals surface area (Å²) >= 11 is 0. The number of anilines is 1. The number of rotatable bonds is 8. The van der Waals surface area contributed by atoms with Crippen molar-refractivity contribution >= 4 is 34.9 Å². The number of hydrogen-bond acceptors (Lipinski definition) is 8. The van der Waals surface area contributed by atoms with Crippen LogP contribution >= 0.6 is 0 Å². The number of hydrogen-bond donors (Lipinski definition) is 2. The number of nitriles is 1. The molecule has 0 unspecified atom stereocenters. The number of alkyl carbamates (subject to hydrolysis) is 1. The molecule has 0 bridgehead atoms. The van der Waals surface area contributed by atoms with Crippen molar-refractivity contribution in [3.8, 4) is 6.07 Å². The first-order valence-corrected chi connectivity index (χ1v) is 11.7. The van der Waals surface area contributed by atoms with E-state index < -0.39 is 6.09 Å². The highest BCUT2D eigenvalue weighted by atomic mass is 16.5. The normalized spacial score (nSPS) is 17.5. The lowest BCUT2D eigenvalue weighted by molar-refractivity contribution is -0.131. The molecule has 1 aliphatic heterocycles.